The Morgan fingerprint density at radius 1 is 1.35 bits per heavy atom. The summed E-state index contributed by atoms with van der Waals surface area (Å²) in [4.78, 5) is 0. The largest absolute Gasteiger partial charge is 0.492 e. The van der Waals surface area contributed by atoms with Crippen LogP contribution in [0.3, 0.4) is 0 Å². The molecule has 0 unspecified atom stereocenters. The first kappa shape index (κ1) is 16.0. The van der Waals surface area contributed by atoms with Gasteiger partial charge in [-0.25, -0.2) is 4.39 Å². The van der Waals surface area contributed by atoms with Crippen molar-refractivity contribution in [1.29, 1.82) is 0 Å². The molecule has 0 saturated heterocycles. The normalized spacial score (nSPS) is 9.70. The third kappa shape index (κ3) is 3.98. The number of rotatable bonds is 4. The molecule has 0 radical (unpaired) electrons. The second-order valence-electron chi connectivity index (χ2n) is 4.20. The average Bonchev–Trinajstić information content (AvgIpc) is 2.84. The van der Waals surface area contributed by atoms with Gasteiger partial charge in [-0.1, -0.05) is 13.8 Å². The van der Waals surface area contributed by atoms with Crippen LogP contribution >= 0.6 is 0 Å². The van der Waals surface area contributed by atoms with Crippen LogP contribution in [0.4, 0.5) is 10.1 Å². The van der Waals surface area contributed by atoms with E-state index in [4.69, 9.17) is 4.74 Å². The number of hydrogen-bond acceptors (Lipinski definition) is 3. The van der Waals surface area contributed by atoms with Gasteiger partial charge in [0.05, 0.1) is 19.0 Å². The molecule has 0 aliphatic rings. The van der Waals surface area contributed by atoms with Gasteiger partial charge >= 0.3 is 0 Å². The second kappa shape index (κ2) is 7.53. The van der Waals surface area contributed by atoms with Crippen molar-refractivity contribution in [2.45, 2.75) is 27.3 Å². The van der Waals surface area contributed by atoms with Gasteiger partial charge in [-0.15, -0.1) is 0 Å². The molecule has 1 heterocycles. The van der Waals surface area contributed by atoms with Gasteiger partial charge in [-0.05, 0) is 24.6 Å². The van der Waals surface area contributed by atoms with E-state index in [1.165, 1.54) is 13.2 Å². The van der Waals surface area contributed by atoms with Crippen molar-refractivity contribution in [2.24, 2.45) is 7.05 Å². The number of nitrogens with zero attached hydrogens (tertiary/aromatic N) is 2. The third-order valence-corrected chi connectivity index (χ3v) is 2.63. The maximum absolute atomic E-state index is 13.7. The van der Waals surface area contributed by atoms with Crippen molar-refractivity contribution >= 4 is 5.69 Å². The summed E-state index contributed by atoms with van der Waals surface area (Å²) in [7, 11) is 3.32. The number of aryl methyl sites for hydroxylation is 2. The Bertz CT molecular complexity index is 552. The minimum Gasteiger partial charge on any atom is -0.492 e. The predicted molar refractivity (Wildman–Crippen MR) is 79.6 cm³/mol. The Hall–Kier alpha value is -2.04. The Morgan fingerprint density at radius 2 is 2.05 bits per heavy atom. The zero-order valence-electron chi connectivity index (χ0n) is 12.7. The molecule has 0 spiro atoms. The zero-order valence-corrected chi connectivity index (χ0v) is 12.7. The fourth-order valence-electron chi connectivity index (χ4n) is 1.83. The quantitative estimate of drug-likeness (QED) is 0.930. The molecule has 0 amide bonds. The Labute approximate surface area is 119 Å². The van der Waals surface area contributed by atoms with Crippen LogP contribution in [0, 0.1) is 12.7 Å². The van der Waals surface area contributed by atoms with Crippen LogP contribution in [0.1, 0.15) is 25.0 Å². The van der Waals surface area contributed by atoms with Gasteiger partial charge in [0, 0.05) is 25.4 Å². The van der Waals surface area contributed by atoms with E-state index in [0.29, 0.717) is 12.2 Å². The number of methoxy groups -OCH3 is 1. The highest BCUT2D eigenvalue weighted by Gasteiger charge is 2.10. The molecule has 4 nitrogen and oxygen atoms in total. The SMILES string of the molecule is CC.COc1c(F)cc(C)cc1NCc1cnn(C)c1. The maximum atomic E-state index is 13.7. The van der Waals surface area contributed by atoms with E-state index in [1.54, 1.807) is 10.9 Å². The highest BCUT2D eigenvalue weighted by molar-refractivity contribution is 5.58. The Morgan fingerprint density at radius 3 is 2.60 bits per heavy atom. The van der Waals surface area contributed by atoms with E-state index in [2.05, 4.69) is 10.4 Å². The lowest BCUT2D eigenvalue weighted by Gasteiger charge is -2.12. The van der Waals surface area contributed by atoms with Gasteiger partial charge in [0.25, 0.3) is 0 Å². The summed E-state index contributed by atoms with van der Waals surface area (Å²) in [6.07, 6.45) is 3.68. The first-order chi connectivity index (χ1) is 9.60. The average molecular weight is 279 g/mol. The fourth-order valence-corrected chi connectivity index (χ4v) is 1.83. The van der Waals surface area contributed by atoms with Gasteiger partial charge in [0.2, 0.25) is 0 Å². The molecule has 110 valence electrons. The number of nitrogens with one attached hydrogen (secondary N) is 1. The van der Waals surface area contributed by atoms with Crippen molar-refractivity contribution in [3.63, 3.8) is 0 Å². The topological polar surface area (TPSA) is 39.1 Å². The molecular weight excluding hydrogens is 257 g/mol. The van der Waals surface area contributed by atoms with Crippen LogP contribution in [-0.2, 0) is 13.6 Å². The standard InChI is InChI=1S/C13H16FN3O.C2H6/c1-9-4-11(14)13(18-3)12(5-9)15-6-10-7-16-17(2)8-10;1-2/h4-5,7-8,15H,6H2,1-3H3;1-2H3. The summed E-state index contributed by atoms with van der Waals surface area (Å²) in [6.45, 7) is 6.42. The van der Waals surface area contributed by atoms with E-state index in [0.717, 1.165) is 11.1 Å². The van der Waals surface area contributed by atoms with Crippen LogP contribution < -0.4 is 10.1 Å². The monoisotopic (exact) mass is 279 g/mol. The van der Waals surface area contributed by atoms with Gasteiger partial charge in [0.15, 0.2) is 11.6 Å². The van der Waals surface area contributed by atoms with E-state index < -0.39 is 0 Å². The molecule has 5 heteroatoms. The molecule has 2 rings (SSSR count). The molecule has 1 aromatic carbocycles. The lowest BCUT2D eigenvalue weighted by Crippen LogP contribution is -2.02. The summed E-state index contributed by atoms with van der Waals surface area (Å²) < 4.78 is 20.5. The molecule has 20 heavy (non-hydrogen) atoms. The Balaban J connectivity index is 0.000000956. The van der Waals surface area contributed by atoms with E-state index in [-0.39, 0.29) is 11.6 Å². The number of halogens is 1. The van der Waals surface area contributed by atoms with Gasteiger partial charge < -0.3 is 10.1 Å². The summed E-state index contributed by atoms with van der Waals surface area (Å²) >= 11 is 0. The lowest BCUT2D eigenvalue weighted by molar-refractivity contribution is 0.388. The van der Waals surface area contributed by atoms with Crippen LogP contribution in [0.25, 0.3) is 0 Å². The van der Waals surface area contributed by atoms with Gasteiger partial charge in [-0.2, -0.15) is 5.10 Å². The van der Waals surface area contributed by atoms with Crippen LogP contribution in [0.15, 0.2) is 24.5 Å². The number of ether oxygens (including phenoxy) is 1. The maximum Gasteiger partial charge on any atom is 0.177 e. The highest BCUT2D eigenvalue weighted by atomic mass is 19.1. The molecule has 1 aromatic heterocycles. The number of hydrogen-bond donors (Lipinski definition) is 1. The number of benzene rings is 1. The number of aromatic nitrogens is 2. The highest BCUT2D eigenvalue weighted by Crippen LogP contribution is 2.29. The first-order valence-electron chi connectivity index (χ1n) is 6.65. The second-order valence-corrected chi connectivity index (χ2v) is 4.20. The molecule has 0 atom stereocenters. The van der Waals surface area contributed by atoms with Gasteiger partial charge in [0.1, 0.15) is 0 Å². The molecule has 0 bridgehead atoms. The fraction of sp³-hybridized carbons (Fsp3) is 0.400. The zero-order chi connectivity index (χ0) is 15.1. The van der Waals surface area contributed by atoms with Crippen molar-refractivity contribution in [1.82, 2.24) is 9.78 Å². The van der Waals surface area contributed by atoms with Crippen molar-refractivity contribution in [2.75, 3.05) is 12.4 Å². The van der Waals surface area contributed by atoms with Crippen LogP contribution in [0.2, 0.25) is 0 Å². The summed E-state index contributed by atoms with van der Waals surface area (Å²) in [6, 6.07) is 3.31. The molecule has 2 aromatic rings. The Kier molecular flexibility index (Phi) is 6.03. The molecule has 0 aliphatic heterocycles. The lowest BCUT2D eigenvalue weighted by atomic mass is 10.2. The molecule has 0 fully saturated rings. The molecule has 1 N–H and O–H groups in total. The smallest absolute Gasteiger partial charge is 0.177 e. The van der Waals surface area contributed by atoms with E-state index in [1.807, 2.05) is 40.1 Å². The third-order valence-electron chi connectivity index (χ3n) is 2.63. The summed E-state index contributed by atoms with van der Waals surface area (Å²) in [5.41, 5.74) is 2.53. The minimum atomic E-state index is -0.355. The van der Waals surface area contributed by atoms with Crippen LogP contribution in [-0.4, -0.2) is 16.9 Å². The van der Waals surface area contributed by atoms with Crippen molar-refractivity contribution < 1.29 is 9.13 Å². The van der Waals surface area contributed by atoms with Gasteiger partial charge in [-0.3, -0.25) is 4.68 Å². The van der Waals surface area contributed by atoms with Crippen molar-refractivity contribution in [3.05, 3.63) is 41.5 Å². The summed E-state index contributed by atoms with van der Waals surface area (Å²) in [5.74, 6) is -0.115. The van der Waals surface area contributed by atoms with Crippen LogP contribution in [0.5, 0.6) is 5.75 Å². The van der Waals surface area contributed by atoms with E-state index >= 15 is 0 Å². The predicted octanol–water partition coefficient (Wildman–Crippen LogP) is 3.51. The first-order valence-corrected chi connectivity index (χ1v) is 6.65. The van der Waals surface area contributed by atoms with Crippen molar-refractivity contribution in [3.8, 4) is 5.75 Å². The molecular formula is C15H22FN3O. The summed E-state index contributed by atoms with van der Waals surface area (Å²) in [5, 5.41) is 7.24. The molecule has 0 aliphatic carbocycles. The number of anilines is 1. The minimum absolute atomic E-state index is 0.240. The molecule has 0 saturated carbocycles. The van der Waals surface area contributed by atoms with E-state index in [9.17, 15) is 4.39 Å².